The molecule has 3 atom stereocenters. The summed E-state index contributed by atoms with van der Waals surface area (Å²) in [5.74, 6) is -1.41. The standard InChI is InChI=1S/C38H64N5O9/c1-36(2,3)50-32(45)24-41-20-18-39-19-22-42(10,26-33(46)51-37(4,5)6)31(16-17-40-29-44)25-43(23-21-41,27-34(47)52-38(7,8)9)35(48)49-28-30-14-12-11-13-15-30/h11-15,29,31,39H,16-28H2,1-10H3/q+1/p+1. The fourth-order valence-corrected chi connectivity index (χ4v) is 6.17. The second-order valence-corrected chi connectivity index (χ2v) is 16.9. The van der Waals surface area contributed by atoms with Crippen molar-refractivity contribution in [1.82, 2.24) is 15.5 Å². The lowest BCUT2D eigenvalue weighted by Crippen LogP contribution is -2.68. The summed E-state index contributed by atoms with van der Waals surface area (Å²) < 4.78 is 22.9. The Bertz CT molecular complexity index is 1320. The van der Waals surface area contributed by atoms with Crippen LogP contribution < -0.4 is 10.6 Å². The molecule has 2 N–H and O–H groups in total. The highest BCUT2D eigenvalue weighted by Gasteiger charge is 2.49. The van der Waals surface area contributed by atoms with E-state index in [9.17, 15) is 24.0 Å². The van der Waals surface area contributed by atoms with E-state index in [1.807, 2.05) is 63.1 Å². The average molecular weight is 736 g/mol. The largest absolute Gasteiger partial charge is 0.517 e. The van der Waals surface area contributed by atoms with E-state index >= 15 is 0 Å². The van der Waals surface area contributed by atoms with Crippen LogP contribution in [0.1, 0.15) is 74.3 Å². The van der Waals surface area contributed by atoms with Gasteiger partial charge >= 0.3 is 24.0 Å². The van der Waals surface area contributed by atoms with Crippen molar-refractivity contribution in [3.05, 3.63) is 35.9 Å². The number of hydrogen-bond acceptors (Lipinski definition) is 11. The summed E-state index contributed by atoms with van der Waals surface area (Å²) in [5.41, 5.74) is -1.45. The smallest absolute Gasteiger partial charge is 0.459 e. The van der Waals surface area contributed by atoms with E-state index in [0.717, 1.165) is 5.56 Å². The summed E-state index contributed by atoms with van der Waals surface area (Å²) in [7, 11) is 1.94. The van der Waals surface area contributed by atoms with Crippen LogP contribution in [0.3, 0.4) is 0 Å². The first-order valence-corrected chi connectivity index (χ1v) is 18.2. The van der Waals surface area contributed by atoms with E-state index < -0.39 is 51.3 Å². The summed E-state index contributed by atoms with van der Waals surface area (Å²) in [6, 6.07) is 8.81. The minimum Gasteiger partial charge on any atom is -0.459 e. The Hall–Kier alpha value is -3.59. The predicted octanol–water partition coefficient (Wildman–Crippen LogP) is 3.02. The molecule has 0 aromatic heterocycles. The van der Waals surface area contributed by atoms with Gasteiger partial charge in [0.15, 0.2) is 13.1 Å². The number of nitrogens with one attached hydrogen (secondary N) is 2. The molecule has 0 saturated carbocycles. The molecule has 3 unspecified atom stereocenters. The van der Waals surface area contributed by atoms with Crippen molar-refractivity contribution in [2.24, 2.45) is 0 Å². The van der Waals surface area contributed by atoms with Gasteiger partial charge in [0.25, 0.3) is 0 Å². The van der Waals surface area contributed by atoms with Crippen LogP contribution in [0.5, 0.6) is 0 Å². The third-order valence-electron chi connectivity index (χ3n) is 8.52. The van der Waals surface area contributed by atoms with Gasteiger partial charge in [0.05, 0.1) is 20.1 Å². The monoisotopic (exact) mass is 735 g/mol. The molecule has 0 bridgehead atoms. The summed E-state index contributed by atoms with van der Waals surface area (Å²) in [6.07, 6.45) is 0.347. The van der Waals surface area contributed by atoms with Gasteiger partial charge in [-0.2, -0.15) is 4.79 Å². The molecule has 1 aliphatic rings. The summed E-state index contributed by atoms with van der Waals surface area (Å²) in [5, 5.41) is 6.19. The topological polar surface area (TPSA) is 150 Å². The van der Waals surface area contributed by atoms with Crippen LogP contribution in [-0.2, 0) is 44.7 Å². The van der Waals surface area contributed by atoms with Gasteiger partial charge in [0, 0.05) is 39.1 Å². The third-order valence-corrected chi connectivity index (χ3v) is 8.52. The van der Waals surface area contributed by atoms with E-state index in [1.54, 1.807) is 41.5 Å². The second-order valence-electron chi connectivity index (χ2n) is 16.9. The maximum atomic E-state index is 14.7. The van der Waals surface area contributed by atoms with Crippen LogP contribution in [0.2, 0.25) is 0 Å². The Morgan fingerprint density at radius 3 is 1.98 bits per heavy atom. The molecule has 294 valence electrons. The van der Waals surface area contributed by atoms with Crippen molar-refractivity contribution >= 4 is 30.4 Å². The van der Waals surface area contributed by atoms with E-state index in [4.69, 9.17) is 18.9 Å². The van der Waals surface area contributed by atoms with E-state index in [1.165, 1.54) is 0 Å². The highest BCUT2D eigenvalue weighted by molar-refractivity contribution is 5.74. The minimum absolute atomic E-state index is 0.0129. The van der Waals surface area contributed by atoms with Crippen molar-refractivity contribution in [3.63, 3.8) is 0 Å². The number of hydrogen-bond donors (Lipinski definition) is 2. The number of carbonyl (C=O) groups excluding carboxylic acids is 5. The number of ether oxygens (including phenoxy) is 4. The summed E-state index contributed by atoms with van der Waals surface area (Å²) in [4.78, 5) is 68.3. The quantitative estimate of drug-likeness (QED) is 0.107. The fourth-order valence-electron chi connectivity index (χ4n) is 6.17. The molecule has 14 heteroatoms. The molecule has 1 aromatic carbocycles. The number of carbonyl (C=O) groups is 5. The third kappa shape index (κ3) is 16.8. The molecule has 14 nitrogen and oxygen atoms in total. The lowest BCUT2D eigenvalue weighted by molar-refractivity contribution is -0.959. The molecule has 0 aliphatic carbocycles. The van der Waals surface area contributed by atoms with Gasteiger partial charge in [0.2, 0.25) is 6.41 Å². The van der Waals surface area contributed by atoms with Crippen LogP contribution >= 0.6 is 0 Å². The molecule has 1 fully saturated rings. The van der Waals surface area contributed by atoms with E-state index in [-0.39, 0.29) is 56.9 Å². The first-order chi connectivity index (χ1) is 24.0. The van der Waals surface area contributed by atoms with Gasteiger partial charge in [-0.05, 0) is 67.9 Å². The van der Waals surface area contributed by atoms with Crippen LogP contribution in [-0.4, -0.2) is 146 Å². The Labute approximate surface area is 310 Å². The van der Waals surface area contributed by atoms with Crippen molar-refractivity contribution in [2.45, 2.75) is 98.2 Å². The van der Waals surface area contributed by atoms with Crippen molar-refractivity contribution in [3.8, 4) is 0 Å². The second kappa shape index (κ2) is 19.5. The molecule has 0 radical (unpaired) electrons. The number of nitrogens with zero attached hydrogens (tertiary/aromatic N) is 3. The summed E-state index contributed by atoms with van der Waals surface area (Å²) >= 11 is 0. The number of benzene rings is 1. The van der Waals surface area contributed by atoms with Crippen LogP contribution in [0.4, 0.5) is 4.79 Å². The number of likely N-dealkylation sites (N-methyl/N-ethyl adjacent to an activating group) is 1. The SMILES string of the molecule is CC(C)(C)OC(=O)CN1CCNCC[N+](C)(CC(=O)OC(C)(C)C)C(CCNC=O)C[N+](CC(=O)OC(C)(C)C)(C(=O)OCc2ccccc2)CC1. The molecule has 1 saturated heterocycles. The minimum atomic E-state index is -0.829. The Balaban J connectivity index is 2.72. The number of rotatable bonds is 12. The Morgan fingerprint density at radius 1 is 0.827 bits per heavy atom. The fraction of sp³-hybridized carbons (Fsp3) is 0.711. The van der Waals surface area contributed by atoms with Gasteiger partial charge in [-0.15, -0.1) is 0 Å². The van der Waals surface area contributed by atoms with Crippen LogP contribution in [0.25, 0.3) is 0 Å². The van der Waals surface area contributed by atoms with Gasteiger partial charge in [-0.3, -0.25) is 14.5 Å². The molecule has 1 aromatic rings. The van der Waals surface area contributed by atoms with Gasteiger partial charge in [-0.25, -0.2) is 14.1 Å². The first-order valence-electron chi connectivity index (χ1n) is 18.2. The average Bonchev–Trinajstić information content (AvgIpc) is 2.98. The Kier molecular flexibility index (Phi) is 16.7. The molecule has 0 spiro atoms. The maximum absolute atomic E-state index is 14.7. The normalized spacial score (nSPS) is 22.5. The first kappa shape index (κ1) is 44.6. The molecular weight excluding hydrogens is 670 g/mol. The zero-order chi connectivity index (χ0) is 39.2. The molecule has 2 amide bonds. The van der Waals surface area contributed by atoms with Crippen LogP contribution in [0.15, 0.2) is 30.3 Å². The van der Waals surface area contributed by atoms with E-state index in [0.29, 0.717) is 39.0 Å². The molecule has 2 rings (SSSR count). The Morgan fingerprint density at radius 2 is 1.40 bits per heavy atom. The summed E-state index contributed by atoms with van der Waals surface area (Å²) in [6.45, 7) is 18.3. The highest BCUT2D eigenvalue weighted by Crippen LogP contribution is 2.25. The maximum Gasteiger partial charge on any atom is 0.517 e. The molecule has 1 heterocycles. The number of quaternary nitrogens is 2. The molecular formula is C38H65N5O9+2. The lowest BCUT2D eigenvalue weighted by atomic mass is 10.1. The van der Waals surface area contributed by atoms with Gasteiger partial charge in [0.1, 0.15) is 42.5 Å². The van der Waals surface area contributed by atoms with E-state index in [2.05, 4.69) is 10.6 Å². The molecule has 1 aliphatic heterocycles. The highest BCUT2D eigenvalue weighted by atomic mass is 16.6. The van der Waals surface area contributed by atoms with Crippen molar-refractivity contribution < 1.29 is 51.9 Å². The van der Waals surface area contributed by atoms with Crippen LogP contribution in [0, 0.1) is 0 Å². The lowest BCUT2D eigenvalue weighted by Gasteiger charge is -2.45. The number of esters is 3. The zero-order valence-electron chi connectivity index (χ0n) is 33.2. The van der Waals surface area contributed by atoms with Crippen molar-refractivity contribution in [1.29, 1.82) is 0 Å². The predicted molar refractivity (Wildman–Crippen MR) is 197 cm³/mol. The number of amides is 2. The zero-order valence-corrected chi connectivity index (χ0v) is 33.2. The van der Waals surface area contributed by atoms with Gasteiger partial charge < -0.3 is 34.1 Å². The van der Waals surface area contributed by atoms with Crippen molar-refractivity contribution in [2.75, 3.05) is 79.0 Å². The van der Waals surface area contributed by atoms with Gasteiger partial charge in [-0.1, -0.05) is 30.3 Å². The molecule has 52 heavy (non-hydrogen) atoms.